The van der Waals surface area contributed by atoms with Crippen LogP contribution in [0.25, 0.3) is 0 Å². The first-order valence-corrected chi connectivity index (χ1v) is 6.66. The first kappa shape index (κ1) is 15.7. The first-order valence-electron chi connectivity index (χ1n) is 6.66. The van der Waals surface area contributed by atoms with Gasteiger partial charge in [0.1, 0.15) is 11.6 Å². The van der Waals surface area contributed by atoms with Crippen LogP contribution in [0.1, 0.15) is 15.9 Å². The topological polar surface area (TPSA) is 52.6 Å². The van der Waals surface area contributed by atoms with Crippen molar-refractivity contribution in [3.8, 4) is 5.75 Å². The maximum atomic E-state index is 12.8. The van der Waals surface area contributed by atoms with E-state index in [1.165, 1.54) is 24.3 Å². The second-order valence-electron chi connectivity index (χ2n) is 4.62. The highest BCUT2D eigenvalue weighted by atomic mass is 19.1. The molecule has 0 aliphatic heterocycles. The molecule has 0 bridgehead atoms. The number of ether oxygens (including phenoxy) is 2. The Bertz CT molecular complexity index is 665. The van der Waals surface area contributed by atoms with Crippen LogP contribution in [0, 0.1) is 5.82 Å². The number of rotatable bonds is 6. The molecular weight excluding hydrogens is 287 g/mol. The average Bonchev–Trinajstić information content (AvgIpc) is 2.53. The van der Waals surface area contributed by atoms with Crippen molar-refractivity contribution in [2.45, 2.75) is 6.42 Å². The molecule has 5 heteroatoms. The molecule has 0 atom stereocenters. The minimum Gasteiger partial charge on any atom is -0.497 e. The molecule has 0 aliphatic carbocycles. The molecule has 0 heterocycles. The van der Waals surface area contributed by atoms with Crippen molar-refractivity contribution in [3.05, 3.63) is 65.5 Å². The second-order valence-corrected chi connectivity index (χ2v) is 4.62. The predicted molar refractivity (Wildman–Crippen MR) is 78.4 cm³/mol. The zero-order valence-corrected chi connectivity index (χ0v) is 12.0. The number of methoxy groups -OCH3 is 1. The molecule has 0 unspecified atom stereocenters. The maximum absolute atomic E-state index is 12.8. The lowest BCUT2D eigenvalue weighted by molar-refractivity contribution is -0.141. The number of hydrogen-bond donors (Lipinski definition) is 0. The van der Waals surface area contributed by atoms with E-state index in [4.69, 9.17) is 9.47 Å². The summed E-state index contributed by atoms with van der Waals surface area (Å²) in [4.78, 5) is 23.5. The summed E-state index contributed by atoms with van der Waals surface area (Å²) in [5.41, 5.74) is 1.04. The predicted octanol–water partition coefficient (Wildman–Crippen LogP) is 2.80. The monoisotopic (exact) mass is 302 g/mol. The van der Waals surface area contributed by atoms with Gasteiger partial charge in [0.15, 0.2) is 12.4 Å². The van der Waals surface area contributed by atoms with E-state index in [1.54, 1.807) is 31.4 Å². The van der Waals surface area contributed by atoms with Gasteiger partial charge in [0.05, 0.1) is 13.5 Å². The third-order valence-corrected chi connectivity index (χ3v) is 3.01. The van der Waals surface area contributed by atoms with Gasteiger partial charge in [-0.3, -0.25) is 9.59 Å². The van der Waals surface area contributed by atoms with Gasteiger partial charge in [0.2, 0.25) is 0 Å². The van der Waals surface area contributed by atoms with Gasteiger partial charge in [-0.1, -0.05) is 12.1 Å². The van der Waals surface area contributed by atoms with Gasteiger partial charge >= 0.3 is 5.97 Å². The van der Waals surface area contributed by atoms with Crippen molar-refractivity contribution >= 4 is 11.8 Å². The van der Waals surface area contributed by atoms with Crippen LogP contribution in [-0.2, 0) is 16.0 Å². The van der Waals surface area contributed by atoms with E-state index in [1.807, 2.05) is 0 Å². The van der Waals surface area contributed by atoms with Gasteiger partial charge in [-0.2, -0.15) is 0 Å². The van der Waals surface area contributed by atoms with Crippen molar-refractivity contribution in [3.63, 3.8) is 0 Å². The number of carbonyl (C=O) groups is 2. The van der Waals surface area contributed by atoms with E-state index in [2.05, 4.69) is 0 Å². The smallest absolute Gasteiger partial charge is 0.310 e. The summed E-state index contributed by atoms with van der Waals surface area (Å²) in [6.45, 7) is -0.367. The van der Waals surface area contributed by atoms with Crippen LogP contribution in [0.15, 0.2) is 48.5 Å². The Morgan fingerprint density at radius 2 is 1.82 bits per heavy atom. The number of halogens is 1. The number of Topliss-reactive ketones (excluding diaryl/α,β-unsaturated/α-hetero) is 1. The molecule has 0 saturated carbocycles. The largest absolute Gasteiger partial charge is 0.497 e. The molecule has 2 aromatic carbocycles. The van der Waals surface area contributed by atoms with Crippen LogP contribution in [0.5, 0.6) is 5.75 Å². The summed E-state index contributed by atoms with van der Waals surface area (Å²) in [5.74, 6) is -0.665. The van der Waals surface area contributed by atoms with E-state index in [9.17, 15) is 14.0 Å². The number of benzene rings is 2. The third-order valence-electron chi connectivity index (χ3n) is 3.01. The molecule has 0 fully saturated rings. The molecule has 4 nitrogen and oxygen atoms in total. The van der Waals surface area contributed by atoms with Crippen LogP contribution >= 0.6 is 0 Å². The maximum Gasteiger partial charge on any atom is 0.310 e. The van der Waals surface area contributed by atoms with E-state index in [-0.39, 0.29) is 18.8 Å². The number of ketones is 1. The van der Waals surface area contributed by atoms with Crippen molar-refractivity contribution in [2.24, 2.45) is 0 Å². The lowest BCUT2D eigenvalue weighted by atomic mass is 10.1. The van der Waals surface area contributed by atoms with Crippen LogP contribution in [0.2, 0.25) is 0 Å². The molecule has 0 aliphatic rings. The average molecular weight is 302 g/mol. The molecule has 0 spiro atoms. The SMILES string of the molecule is COc1cccc(CC(=O)OCC(=O)c2ccc(F)cc2)c1. The molecule has 0 saturated heterocycles. The molecule has 0 radical (unpaired) electrons. The van der Waals surface area contributed by atoms with E-state index in [0.29, 0.717) is 11.3 Å². The van der Waals surface area contributed by atoms with Crippen molar-refractivity contribution in [1.29, 1.82) is 0 Å². The van der Waals surface area contributed by atoms with Crippen molar-refractivity contribution in [2.75, 3.05) is 13.7 Å². The van der Waals surface area contributed by atoms with E-state index >= 15 is 0 Å². The van der Waals surface area contributed by atoms with Crippen molar-refractivity contribution < 1.29 is 23.5 Å². The standard InChI is InChI=1S/C17H15FO4/c1-21-15-4-2-3-12(9-15)10-17(20)22-11-16(19)13-5-7-14(18)8-6-13/h2-9H,10-11H2,1H3. The summed E-state index contributed by atoms with van der Waals surface area (Å²) in [6, 6.07) is 12.1. The van der Waals surface area contributed by atoms with E-state index < -0.39 is 11.8 Å². The highest BCUT2D eigenvalue weighted by molar-refractivity contribution is 5.97. The minimum atomic E-state index is -0.510. The van der Waals surface area contributed by atoms with Gasteiger partial charge in [-0.15, -0.1) is 0 Å². The summed E-state index contributed by atoms with van der Waals surface area (Å²) in [5, 5.41) is 0. The fourth-order valence-corrected chi connectivity index (χ4v) is 1.87. The molecule has 22 heavy (non-hydrogen) atoms. The van der Waals surface area contributed by atoms with Crippen molar-refractivity contribution in [1.82, 2.24) is 0 Å². The Morgan fingerprint density at radius 3 is 2.50 bits per heavy atom. The first-order chi connectivity index (χ1) is 10.6. The second kappa shape index (κ2) is 7.36. The lowest BCUT2D eigenvalue weighted by Gasteiger charge is -2.06. The number of hydrogen-bond acceptors (Lipinski definition) is 4. The molecule has 2 aromatic rings. The summed E-state index contributed by atoms with van der Waals surface area (Å²) >= 11 is 0. The van der Waals surface area contributed by atoms with Crippen LogP contribution in [0.4, 0.5) is 4.39 Å². The zero-order chi connectivity index (χ0) is 15.9. The summed E-state index contributed by atoms with van der Waals surface area (Å²) < 4.78 is 22.8. The highest BCUT2D eigenvalue weighted by Crippen LogP contribution is 2.13. The Hall–Kier alpha value is -2.69. The normalized spacial score (nSPS) is 10.1. The fourth-order valence-electron chi connectivity index (χ4n) is 1.87. The molecule has 0 N–H and O–H groups in total. The molecular formula is C17H15FO4. The Morgan fingerprint density at radius 1 is 1.09 bits per heavy atom. The highest BCUT2D eigenvalue weighted by Gasteiger charge is 2.11. The van der Waals surface area contributed by atoms with E-state index in [0.717, 1.165) is 5.56 Å². The molecule has 114 valence electrons. The number of esters is 1. The molecule has 0 aromatic heterocycles. The fraction of sp³-hybridized carbons (Fsp3) is 0.176. The molecule has 2 rings (SSSR count). The van der Waals surface area contributed by atoms with Gasteiger partial charge < -0.3 is 9.47 Å². The van der Waals surface area contributed by atoms with Gasteiger partial charge in [0, 0.05) is 5.56 Å². The van der Waals surface area contributed by atoms with Gasteiger partial charge in [-0.25, -0.2) is 4.39 Å². The van der Waals surface area contributed by atoms with Crippen LogP contribution < -0.4 is 4.74 Å². The Balaban J connectivity index is 1.87. The summed E-state index contributed by atoms with van der Waals surface area (Å²) in [6.07, 6.45) is 0.0495. The third kappa shape index (κ3) is 4.41. The van der Waals surface area contributed by atoms with Crippen LogP contribution in [-0.4, -0.2) is 25.5 Å². The molecule has 0 amide bonds. The quantitative estimate of drug-likeness (QED) is 0.608. The Labute approximate surface area is 127 Å². The minimum absolute atomic E-state index is 0.0495. The van der Waals surface area contributed by atoms with Gasteiger partial charge in [0.25, 0.3) is 0 Å². The van der Waals surface area contributed by atoms with Crippen LogP contribution in [0.3, 0.4) is 0 Å². The lowest BCUT2D eigenvalue weighted by Crippen LogP contribution is -2.15. The van der Waals surface area contributed by atoms with Gasteiger partial charge in [-0.05, 0) is 42.0 Å². The Kier molecular flexibility index (Phi) is 5.25. The summed E-state index contributed by atoms with van der Waals surface area (Å²) in [7, 11) is 1.54. The zero-order valence-electron chi connectivity index (χ0n) is 12.0. The number of carbonyl (C=O) groups excluding carboxylic acids is 2.